The molecule has 0 spiro atoms. The summed E-state index contributed by atoms with van der Waals surface area (Å²) in [7, 11) is -1.78. The van der Waals surface area contributed by atoms with Gasteiger partial charge in [-0.15, -0.1) is 6.42 Å². The number of rotatable bonds is 7. The lowest BCUT2D eigenvalue weighted by Gasteiger charge is -2.40. The molecule has 2 aliphatic rings. The van der Waals surface area contributed by atoms with Crippen molar-refractivity contribution in [2.45, 2.75) is 44.6 Å². The Kier molecular flexibility index (Phi) is 9.85. The monoisotopic (exact) mass is 600 g/mol. The van der Waals surface area contributed by atoms with Crippen LogP contribution in [0.25, 0.3) is 0 Å². The number of nitriles is 1. The molecule has 2 saturated heterocycles. The first-order valence-corrected chi connectivity index (χ1v) is 16.0. The standard InChI is InChI=1S/C33H40N6O3S/c1-6-10-29(26(7-2)23-34)37-15-13-27(14-16-37)36(5)31-22-28(24(3)21-25(31)4)33(40)39-19-17-38(18-20-39)30-11-8-9-12-32(30)43(35,41)42/h1,7-12,21-22,27H,13-20H2,2-5H3,(H2,35,41,42)/b26-7-,29-10+. The van der Waals surface area contributed by atoms with E-state index in [9.17, 15) is 18.5 Å². The fraction of sp³-hybridized carbons (Fsp3) is 0.394. The van der Waals surface area contributed by atoms with Crippen molar-refractivity contribution in [3.05, 3.63) is 76.5 Å². The van der Waals surface area contributed by atoms with Crippen molar-refractivity contribution < 1.29 is 13.2 Å². The topological polar surface area (TPSA) is 114 Å². The highest BCUT2D eigenvalue weighted by Gasteiger charge is 2.29. The van der Waals surface area contributed by atoms with Crippen LogP contribution in [-0.2, 0) is 10.0 Å². The maximum Gasteiger partial charge on any atom is 0.254 e. The molecule has 2 aromatic carbocycles. The molecular weight excluding hydrogens is 560 g/mol. The lowest BCUT2D eigenvalue weighted by atomic mass is 9.97. The molecule has 1 amide bonds. The van der Waals surface area contributed by atoms with E-state index in [-0.39, 0.29) is 16.8 Å². The summed E-state index contributed by atoms with van der Waals surface area (Å²) in [5.74, 6) is 2.55. The SMILES string of the molecule is C#C/C=C(\C(C#N)=C/C)N1CCC(N(C)c2cc(C(=O)N3CCN(c4ccccc4S(N)(=O)=O)CC3)c(C)cc2C)CC1. The van der Waals surface area contributed by atoms with Crippen molar-refractivity contribution >= 4 is 27.3 Å². The van der Waals surface area contributed by atoms with Crippen molar-refractivity contribution in [3.63, 3.8) is 0 Å². The molecule has 0 aliphatic carbocycles. The fourth-order valence-electron chi connectivity index (χ4n) is 6.11. The number of likely N-dealkylation sites (tertiary alicyclic amines) is 1. The van der Waals surface area contributed by atoms with Gasteiger partial charge in [0.2, 0.25) is 10.0 Å². The van der Waals surface area contributed by atoms with Crippen LogP contribution in [0.5, 0.6) is 0 Å². The van der Waals surface area contributed by atoms with Gasteiger partial charge in [-0.3, -0.25) is 4.79 Å². The lowest BCUT2D eigenvalue weighted by Crippen LogP contribution is -2.49. The van der Waals surface area contributed by atoms with Gasteiger partial charge >= 0.3 is 0 Å². The number of anilines is 2. The Balaban J connectivity index is 1.46. The molecule has 9 nitrogen and oxygen atoms in total. The second-order valence-electron chi connectivity index (χ2n) is 11.1. The number of amides is 1. The van der Waals surface area contributed by atoms with Crippen molar-refractivity contribution in [3.8, 4) is 18.4 Å². The molecule has 0 radical (unpaired) electrons. The summed E-state index contributed by atoms with van der Waals surface area (Å²) in [6.45, 7) is 9.39. The quantitative estimate of drug-likeness (QED) is 0.292. The summed E-state index contributed by atoms with van der Waals surface area (Å²) in [5.41, 5.74) is 5.67. The van der Waals surface area contributed by atoms with Gasteiger partial charge in [-0.05, 0) is 62.9 Å². The molecule has 2 N–H and O–H groups in total. The molecule has 2 fully saturated rings. The molecule has 2 heterocycles. The molecule has 4 rings (SSSR count). The van der Waals surface area contributed by atoms with Crippen LogP contribution >= 0.6 is 0 Å². The first-order chi connectivity index (χ1) is 20.5. The minimum absolute atomic E-state index is 0.0270. The summed E-state index contributed by atoms with van der Waals surface area (Å²) in [6, 6.07) is 13.3. The zero-order valence-corrected chi connectivity index (χ0v) is 26.2. The van der Waals surface area contributed by atoms with Crippen LogP contribution < -0.4 is 14.9 Å². The maximum atomic E-state index is 13.8. The van der Waals surface area contributed by atoms with Gasteiger partial charge in [-0.25, -0.2) is 13.6 Å². The smallest absolute Gasteiger partial charge is 0.254 e. The van der Waals surface area contributed by atoms with E-state index >= 15 is 0 Å². The van der Waals surface area contributed by atoms with Gasteiger partial charge in [-0.2, -0.15) is 5.26 Å². The second-order valence-corrected chi connectivity index (χ2v) is 12.6. The van der Waals surface area contributed by atoms with Crippen molar-refractivity contribution in [2.24, 2.45) is 5.14 Å². The molecule has 0 saturated carbocycles. The summed E-state index contributed by atoms with van der Waals surface area (Å²) in [5, 5.41) is 15.0. The third-order valence-corrected chi connectivity index (χ3v) is 9.45. The van der Waals surface area contributed by atoms with E-state index < -0.39 is 10.0 Å². The summed E-state index contributed by atoms with van der Waals surface area (Å²) in [4.78, 5) is 22.1. The second kappa shape index (κ2) is 13.4. The van der Waals surface area contributed by atoms with E-state index in [2.05, 4.69) is 41.8 Å². The van der Waals surface area contributed by atoms with Crippen LogP contribution in [0.3, 0.4) is 0 Å². The first kappa shape index (κ1) is 31.7. The summed E-state index contributed by atoms with van der Waals surface area (Å²) in [6.07, 6.45) is 10.8. The third-order valence-electron chi connectivity index (χ3n) is 8.49. The number of primary sulfonamides is 1. The van der Waals surface area contributed by atoms with Gasteiger partial charge < -0.3 is 19.6 Å². The number of para-hydroxylation sites is 1. The highest BCUT2D eigenvalue weighted by atomic mass is 32.2. The highest BCUT2D eigenvalue weighted by molar-refractivity contribution is 7.89. The molecule has 0 aromatic heterocycles. The summed E-state index contributed by atoms with van der Waals surface area (Å²) < 4.78 is 24.2. The number of hydrogen-bond donors (Lipinski definition) is 1. The average Bonchev–Trinajstić information content (AvgIpc) is 3.00. The van der Waals surface area contributed by atoms with Gasteiger partial charge in [0.25, 0.3) is 5.91 Å². The molecule has 2 aliphatic heterocycles. The number of nitrogens with zero attached hydrogens (tertiary/aromatic N) is 5. The number of terminal acetylenes is 1. The van der Waals surface area contributed by atoms with Crippen LogP contribution in [0.15, 0.2) is 64.7 Å². The Morgan fingerprint density at radius 3 is 2.28 bits per heavy atom. The lowest BCUT2D eigenvalue weighted by molar-refractivity contribution is 0.0746. The largest absolute Gasteiger partial charge is 0.371 e. The fourth-order valence-corrected chi connectivity index (χ4v) is 6.87. The number of piperidine rings is 1. The zero-order chi connectivity index (χ0) is 31.3. The van der Waals surface area contributed by atoms with Gasteiger partial charge in [0, 0.05) is 69.7 Å². The first-order valence-electron chi connectivity index (χ1n) is 14.5. The van der Waals surface area contributed by atoms with Crippen LogP contribution in [0.4, 0.5) is 11.4 Å². The predicted octanol–water partition coefficient (Wildman–Crippen LogP) is 3.80. The number of aryl methyl sites for hydroxylation is 2. The van der Waals surface area contributed by atoms with Crippen LogP contribution in [0, 0.1) is 37.5 Å². The minimum atomic E-state index is -3.86. The normalized spacial score (nSPS) is 17.0. The van der Waals surface area contributed by atoms with Crippen LogP contribution in [0.1, 0.15) is 41.3 Å². The molecule has 2 aromatic rings. The minimum Gasteiger partial charge on any atom is -0.371 e. The number of allylic oxidation sites excluding steroid dienone is 3. The third kappa shape index (κ3) is 6.88. The van der Waals surface area contributed by atoms with E-state index in [0.717, 1.165) is 48.4 Å². The van der Waals surface area contributed by atoms with E-state index in [1.165, 1.54) is 6.07 Å². The molecule has 226 valence electrons. The maximum absolute atomic E-state index is 13.8. The number of sulfonamides is 1. The zero-order valence-electron chi connectivity index (χ0n) is 25.4. The summed E-state index contributed by atoms with van der Waals surface area (Å²) >= 11 is 0. The number of carbonyl (C=O) groups is 1. The average molecular weight is 601 g/mol. The van der Waals surface area contributed by atoms with Gasteiger partial charge in [0.15, 0.2) is 0 Å². The Hall–Kier alpha value is -4.25. The van der Waals surface area contributed by atoms with Crippen molar-refractivity contribution in [1.29, 1.82) is 5.26 Å². The van der Waals surface area contributed by atoms with Crippen molar-refractivity contribution in [2.75, 3.05) is 56.1 Å². The number of nitrogens with two attached hydrogens (primary N) is 1. The Labute approximate surface area is 255 Å². The molecular formula is C33H40N6O3S. The van der Waals surface area contributed by atoms with E-state index in [1.54, 1.807) is 30.4 Å². The Morgan fingerprint density at radius 2 is 1.70 bits per heavy atom. The number of benzene rings is 2. The van der Waals surface area contributed by atoms with Crippen molar-refractivity contribution in [1.82, 2.24) is 9.80 Å². The van der Waals surface area contributed by atoms with Gasteiger partial charge in [0.05, 0.1) is 17.0 Å². The molecule has 43 heavy (non-hydrogen) atoms. The number of piperazine rings is 1. The van der Waals surface area contributed by atoms with Gasteiger partial charge in [0.1, 0.15) is 11.0 Å². The predicted molar refractivity (Wildman–Crippen MR) is 171 cm³/mol. The number of carbonyl (C=O) groups excluding carboxylic acids is 1. The van der Waals surface area contributed by atoms with E-state index in [0.29, 0.717) is 43.0 Å². The molecule has 0 bridgehead atoms. The highest BCUT2D eigenvalue weighted by Crippen LogP contribution is 2.31. The van der Waals surface area contributed by atoms with Crippen LogP contribution in [0.2, 0.25) is 0 Å². The van der Waals surface area contributed by atoms with E-state index in [1.807, 2.05) is 29.7 Å². The Bertz CT molecular complexity index is 1620. The van der Waals surface area contributed by atoms with E-state index in [4.69, 9.17) is 11.6 Å². The Morgan fingerprint density at radius 1 is 1.05 bits per heavy atom. The van der Waals surface area contributed by atoms with Crippen LogP contribution in [-0.4, -0.2) is 76.5 Å². The molecule has 0 unspecified atom stereocenters. The molecule has 0 atom stereocenters. The van der Waals surface area contributed by atoms with Gasteiger partial charge in [-0.1, -0.05) is 30.2 Å². The number of hydrogen-bond acceptors (Lipinski definition) is 7. The molecule has 10 heteroatoms.